The van der Waals surface area contributed by atoms with Crippen LogP contribution in [0.1, 0.15) is 28.6 Å². The van der Waals surface area contributed by atoms with Crippen LogP contribution in [-0.4, -0.2) is 37.7 Å². The van der Waals surface area contributed by atoms with Crippen molar-refractivity contribution in [2.24, 2.45) is 0 Å². The first kappa shape index (κ1) is 19.7. The number of thiophene rings is 1. The second-order valence-corrected chi connectivity index (χ2v) is 9.24. The Morgan fingerprint density at radius 3 is 2.74 bits per heavy atom. The maximum Gasteiger partial charge on any atom is 0.246 e. The number of ketones is 1. The molecular weight excluding hydrogens is 410 g/mol. The molecule has 2 aromatic heterocycles. The third kappa shape index (κ3) is 4.81. The summed E-state index contributed by atoms with van der Waals surface area (Å²) in [5, 5.41) is 1.02. The molecule has 0 aliphatic carbocycles. The number of hydrogen-bond donors (Lipinski definition) is 1. The van der Waals surface area contributed by atoms with Gasteiger partial charge in [-0.15, -0.1) is 11.3 Å². The van der Waals surface area contributed by atoms with Crippen LogP contribution in [0.25, 0.3) is 6.08 Å². The number of carbonyl (C=O) groups is 2. The molecule has 1 amide bonds. The molecule has 142 valence electrons. The van der Waals surface area contributed by atoms with Crippen molar-refractivity contribution in [1.29, 1.82) is 0 Å². The highest BCUT2D eigenvalue weighted by Gasteiger charge is 2.35. The van der Waals surface area contributed by atoms with E-state index >= 15 is 0 Å². The lowest BCUT2D eigenvalue weighted by atomic mass is 10.2. The molecule has 1 fully saturated rings. The van der Waals surface area contributed by atoms with E-state index in [0.717, 1.165) is 5.41 Å². The van der Waals surface area contributed by atoms with E-state index in [2.05, 4.69) is 9.71 Å². The summed E-state index contributed by atoms with van der Waals surface area (Å²) in [5.74, 6) is -0.115. The van der Waals surface area contributed by atoms with Gasteiger partial charge in [0.2, 0.25) is 15.9 Å². The molecule has 7 nitrogen and oxygen atoms in total. The van der Waals surface area contributed by atoms with Crippen LogP contribution in [0.4, 0.5) is 5.82 Å². The average molecular weight is 426 g/mol. The number of anilines is 1. The van der Waals surface area contributed by atoms with Crippen LogP contribution in [0.3, 0.4) is 0 Å². The van der Waals surface area contributed by atoms with Crippen molar-refractivity contribution in [2.45, 2.75) is 19.4 Å². The second-order valence-electron chi connectivity index (χ2n) is 5.90. The summed E-state index contributed by atoms with van der Waals surface area (Å²) in [6.07, 6.45) is 3.16. The fourth-order valence-corrected chi connectivity index (χ4v) is 4.65. The maximum atomic E-state index is 12.5. The van der Waals surface area contributed by atoms with E-state index in [1.165, 1.54) is 35.4 Å². The Kier molecular flexibility index (Phi) is 5.75. The lowest BCUT2D eigenvalue weighted by Crippen LogP contribution is -2.40. The molecule has 1 saturated heterocycles. The Balaban J connectivity index is 1.67. The molecule has 0 radical (unpaired) electrons. The number of aromatic nitrogens is 1. The Bertz CT molecular complexity index is 999. The molecule has 0 unspecified atom stereocenters. The standard InChI is InChI=1S/C17H16ClN3O4S2/c1-11(22)12-2-5-16(19-10-12)21-8-6-14(17(21)23)20-27(24,25)9-7-13-3-4-15(18)26-13/h2-5,7,9-10,14,20H,6,8H2,1H3/t14-/m0/s1. The minimum Gasteiger partial charge on any atom is -0.295 e. The molecule has 1 atom stereocenters. The summed E-state index contributed by atoms with van der Waals surface area (Å²) in [7, 11) is -3.79. The SMILES string of the molecule is CC(=O)c1ccc(N2CC[C@H](NS(=O)(=O)C=Cc3ccc(Cl)s3)C2=O)nc1. The Labute approximate surface area is 165 Å². The number of amides is 1. The first-order valence-electron chi connectivity index (χ1n) is 7.99. The van der Waals surface area contributed by atoms with Gasteiger partial charge < -0.3 is 0 Å². The Morgan fingerprint density at radius 1 is 1.37 bits per heavy atom. The van der Waals surface area contributed by atoms with Gasteiger partial charge in [0.05, 0.1) is 4.34 Å². The Hall–Kier alpha value is -2.07. The highest BCUT2D eigenvalue weighted by molar-refractivity contribution is 7.92. The molecule has 0 bridgehead atoms. The van der Waals surface area contributed by atoms with Crippen molar-refractivity contribution in [3.05, 3.63) is 50.6 Å². The van der Waals surface area contributed by atoms with Gasteiger partial charge in [0.25, 0.3) is 0 Å². The number of sulfonamides is 1. The fourth-order valence-electron chi connectivity index (χ4n) is 2.58. The predicted molar refractivity (Wildman–Crippen MR) is 105 cm³/mol. The molecule has 2 aromatic rings. The van der Waals surface area contributed by atoms with Gasteiger partial charge >= 0.3 is 0 Å². The Morgan fingerprint density at radius 2 is 2.15 bits per heavy atom. The maximum absolute atomic E-state index is 12.5. The molecule has 0 aromatic carbocycles. The van der Waals surface area contributed by atoms with Crippen LogP contribution in [-0.2, 0) is 14.8 Å². The van der Waals surface area contributed by atoms with Crippen molar-refractivity contribution in [3.8, 4) is 0 Å². The molecule has 1 aliphatic heterocycles. The van der Waals surface area contributed by atoms with Crippen molar-refractivity contribution in [1.82, 2.24) is 9.71 Å². The van der Waals surface area contributed by atoms with Crippen molar-refractivity contribution in [2.75, 3.05) is 11.4 Å². The summed E-state index contributed by atoms with van der Waals surface area (Å²) >= 11 is 7.06. The molecule has 0 spiro atoms. The predicted octanol–water partition coefficient (Wildman–Crippen LogP) is 2.69. The lowest BCUT2D eigenvalue weighted by Gasteiger charge is -2.16. The number of pyridine rings is 1. The molecular formula is C17H16ClN3O4S2. The highest BCUT2D eigenvalue weighted by Crippen LogP contribution is 2.23. The summed E-state index contributed by atoms with van der Waals surface area (Å²) in [6.45, 7) is 1.77. The van der Waals surface area contributed by atoms with Crippen molar-refractivity contribution in [3.63, 3.8) is 0 Å². The topological polar surface area (TPSA) is 96.4 Å². The van der Waals surface area contributed by atoms with Gasteiger partial charge in [-0.25, -0.2) is 13.4 Å². The second kappa shape index (κ2) is 7.89. The van der Waals surface area contributed by atoms with Crippen LogP contribution in [0.5, 0.6) is 0 Å². The van der Waals surface area contributed by atoms with Crippen LogP contribution in [0.15, 0.2) is 35.9 Å². The van der Waals surface area contributed by atoms with Gasteiger partial charge in [-0.3, -0.25) is 14.5 Å². The lowest BCUT2D eigenvalue weighted by molar-refractivity contribution is -0.118. The van der Waals surface area contributed by atoms with Gasteiger partial charge in [0.15, 0.2) is 5.78 Å². The molecule has 3 rings (SSSR count). The minimum absolute atomic E-state index is 0.119. The molecule has 1 aliphatic rings. The number of Topliss-reactive ketones (excluding diaryl/α,β-unsaturated/α-hetero) is 1. The monoisotopic (exact) mass is 425 g/mol. The van der Waals surface area contributed by atoms with E-state index in [-0.39, 0.29) is 11.7 Å². The van der Waals surface area contributed by atoms with Gasteiger partial charge in [0, 0.05) is 28.6 Å². The number of hydrogen-bond acceptors (Lipinski definition) is 6. The first-order chi connectivity index (χ1) is 12.7. The molecule has 3 heterocycles. The number of nitrogens with zero attached hydrogens (tertiary/aromatic N) is 2. The van der Waals surface area contributed by atoms with Crippen LogP contribution < -0.4 is 9.62 Å². The zero-order valence-electron chi connectivity index (χ0n) is 14.3. The van der Waals surface area contributed by atoms with Gasteiger partial charge in [-0.1, -0.05) is 11.6 Å². The van der Waals surface area contributed by atoms with Gasteiger partial charge in [-0.05, 0) is 43.7 Å². The van der Waals surface area contributed by atoms with E-state index in [1.54, 1.807) is 24.3 Å². The quantitative estimate of drug-likeness (QED) is 0.718. The minimum atomic E-state index is -3.79. The highest BCUT2D eigenvalue weighted by atomic mass is 35.5. The van der Waals surface area contributed by atoms with Crippen molar-refractivity contribution >= 4 is 56.5 Å². The average Bonchev–Trinajstić information content (AvgIpc) is 3.19. The normalized spacial score (nSPS) is 17.8. The summed E-state index contributed by atoms with van der Waals surface area (Å²) in [6, 6.07) is 5.68. The van der Waals surface area contributed by atoms with Gasteiger partial charge in [-0.2, -0.15) is 4.72 Å². The molecule has 1 N–H and O–H groups in total. The fraction of sp³-hybridized carbons (Fsp3) is 0.235. The molecule has 10 heteroatoms. The zero-order valence-corrected chi connectivity index (χ0v) is 16.6. The van der Waals surface area contributed by atoms with Crippen molar-refractivity contribution < 1.29 is 18.0 Å². The number of halogens is 1. The van der Waals surface area contributed by atoms with E-state index < -0.39 is 16.1 Å². The number of carbonyl (C=O) groups excluding carboxylic acids is 2. The third-order valence-corrected chi connectivity index (χ3v) is 6.25. The summed E-state index contributed by atoms with van der Waals surface area (Å²) in [5.41, 5.74) is 0.446. The molecule has 27 heavy (non-hydrogen) atoms. The van der Waals surface area contributed by atoms with Gasteiger partial charge in [0.1, 0.15) is 11.9 Å². The summed E-state index contributed by atoms with van der Waals surface area (Å²) < 4.78 is 27.4. The van der Waals surface area contributed by atoms with Crippen LogP contribution >= 0.6 is 22.9 Å². The zero-order chi connectivity index (χ0) is 19.6. The van der Waals surface area contributed by atoms with Crippen LogP contribution in [0, 0.1) is 0 Å². The number of rotatable bonds is 6. The smallest absolute Gasteiger partial charge is 0.246 e. The van der Waals surface area contributed by atoms with Crippen LogP contribution in [0.2, 0.25) is 4.34 Å². The number of nitrogens with one attached hydrogen (secondary N) is 1. The van der Waals surface area contributed by atoms with E-state index in [1.807, 2.05) is 0 Å². The molecule has 0 saturated carbocycles. The third-order valence-electron chi connectivity index (χ3n) is 3.95. The van der Waals surface area contributed by atoms with E-state index in [0.29, 0.717) is 33.6 Å². The van der Waals surface area contributed by atoms with E-state index in [4.69, 9.17) is 11.6 Å². The summed E-state index contributed by atoms with van der Waals surface area (Å²) in [4.78, 5) is 30.1. The van der Waals surface area contributed by atoms with E-state index in [9.17, 15) is 18.0 Å². The first-order valence-corrected chi connectivity index (χ1v) is 10.7. The largest absolute Gasteiger partial charge is 0.295 e.